The molecule has 0 aliphatic carbocycles. The highest BCUT2D eigenvalue weighted by Gasteiger charge is 1.89. The van der Waals surface area contributed by atoms with Crippen LogP contribution >= 0.6 is 0 Å². The zero-order valence-electron chi connectivity index (χ0n) is 3.79. The zero-order valence-corrected chi connectivity index (χ0v) is 3.79. The molecule has 0 aliphatic rings. The van der Waals surface area contributed by atoms with Gasteiger partial charge in [0.1, 0.15) is 6.54 Å². The van der Waals surface area contributed by atoms with E-state index in [0.717, 1.165) is 0 Å². The maximum absolute atomic E-state index is 9.43. The van der Waals surface area contributed by atoms with Gasteiger partial charge in [-0.25, -0.2) is 10.1 Å². The third-order valence-corrected chi connectivity index (χ3v) is 0.352. The quantitative estimate of drug-likeness (QED) is 0.327. The van der Waals surface area contributed by atoms with Gasteiger partial charge in [-0.05, 0) is 0 Å². The van der Waals surface area contributed by atoms with Crippen molar-refractivity contribution in [2.24, 2.45) is 0 Å². The van der Waals surface area contributed by atoms with E-state index in [1.54, 1.807) is 0 Å². The standard InChI is InChI=1S/C2H4N2O4/c5-2(6)1-3-4(7)8/h3H,1H2,(H,5,6)/p-1. The van der Waals surface area contributed by atoms with Crippen LogP contribution in [0.15, 0.2) is 0 Å². The number of nitro groups is 1. The van der Waals surface area contributed by atoms with Crippen LogP contribution in [0.25, 0.3) is 0 Å². The predicted octanol–water partition coefficient (Wildman–Crippen LogP) is -2.48. The number of hydrogen-bond acceptors (Lipinski definition) is 4. The molecule has 8 heavy (non-hydrogen) atoms. The van der Waals surface area contributed by atoms with Crippen LogP contribution in [0.3, 0.4) is 0 Å². The van der Waals surface area contributed by atoms with Crippen molar-refractivity contribution in [3.8, 4) is 0 Å². The summed E-state index contributed by atoms with van der Waals surface area (Å²) in [5.41, 5.74) is 1.41. The largest absolute Gasteiger partial charge is 0.548 e. The van der Waals surface area contributed by atoms with Crippen molar-refractivity contribution >= 4 is 5.97 Å². The van der Waals surface area contributed by atoms with E-state index in [1.807, 2.05) is 0 Å². The van der Waals surface area contributed by atoms with Gasteiger partial charge in [0, 0.05) is 0 Å². The average molecular weight is 119 g/mol. The minimum absolute atomic E-state index is 0.757. The molecule has 0 radical (unpaired) electrons. The third kappa shape index (κ3) is 4.67. The van der Waals surface area contributed by atoms with E-state index in [2.05, 4.69) is 0 Å². The molecule has 0 aromatic rings. The number of carboxylic acids is 1. The van der Waals surface area contributed by atoms with Crippen molar-refractivity contribution < 1.29 is 14.9 Å². The molecule has 0 aliphatic heterocycles. The molecule has 0 rings (SSSR count). The lowest BCUT2D eigenvalue weighted by Gasteiger charge is -1.95. The van der Waals surface area contributed by atoms with E-state index < -0.39 is 17.5 Å². The van der Waals surface area contributed by atoms with Crippen LogP contribution < -0.4 is 10.5 Å². The normalized spacial score (nSPS) is 8.00. The Bertz CT molecular complexity index is 96.6. The summed E-state index contributed by atoms with van der Waals surface area (Å²) in [5, 5.41) is 17.8. The molecule has 0 fully saturated rings. The van der Waals surface area contributed by atoms with Gasteiger partial charge in [-0.2, -0.15) is 0 Å². The Hall–Kier alpha value is -1.33. The molecule has 0 bridgehead atoms. The lowest BCUT2D eigenvalue weighted by atomic mass is 10.7. The van der Waals surface area contributed by atoms with Crippen molar-refractivity contribution in [2.45, 2.75) is 0 Å². The smallest absolute Gasteiger partial charge is 0.157 e. The molecule has 0 aromatic carbocycles. The Morgan fingerprint density at radius 3 is 2.38 bits per heavy atom. The highest BCUT2D eigenvalue weighted by molar-refractivity contribution is 5.66. The molecule has 0 aromatic heterocycles. The van der Waals surface area contributed by atoms with Gasteiger partial charge in [0.05, 0.1) is 5.97 Å². The summed E-state index contributed by atoms with van der Waals surface area (Å²) in [7, 11) is 0. The van der Waals surface area contributed by atoms with E-state index in [1.165, 1.54) is 5.43 Å². The number of nitrogens with one attached hydrogen (secondary N) is 1. The lowest BCUT2D eigenvalue weighted by Crippen LogP contribution is -2.37. The number of carbonyl (C=O) groups is 1. The molecule has 46 valence electrons. The Morgan fingerprint density at radius 2 is 2.25 bits per heavy atom. The Labute approximate surface area is 44.2 Å². The van der Waals surface area contributed by atoms with E-state index >= 15 is 0 Å². The van der Waals surface area contributed by atoms with Crippen LogP contribution in [0.4, 0.5) is 0 Å². The fraction of sp³-hybridized carbons (Fsp3) is 0.500. The van der Waals surface area contributed by atoms with Crippen LogP contribution in [0.2, 0.25) is 0 Å². The van der Waals surface area contributed by atoms with Crippen molar-refractivity contribution in [1.82, 2.24) is 5.43 Å². The topological polar surface area (TPSA) is 95.3 Å². The molecule has 0 saturated heterocycles. The SMILES string of the molecule is O=C([O-])CN[N+](=O)[O-]. The molecule has 0 atom stereocenters. The van der Waals surface area contributed by atoms with Gasteiger partial charge in [0.15, 0.2) is 5.03 Å². The summed E-state index contributed by atoms with van der Waals surface area (Å²) in [6.45, 7) is -0.757. The molecular weight excluding hydrogens is 116 g/mol. The number of carbonyl (C=O) groups excluding carboxylic acids is 1. The highest BCUT2D eigenvalue weighted by atomic mass is 16.7. The molecule has 1 N–H and O–H groups in total. The summed E-state index contributed by atoms with van der Waals surface area (Å²) in [6, 6.07) is 0. The van der Waals surface area contributed by atoms with Crippen LogP contribution in [0.1, 0.15) is 0 Å². The van der Waals surface area contributed by atoms with Crippen LogP contribution in [-0.2, 0) is 4.79 Å². The maximum Gasteiger partial charge on any atom is 0.157 e. The number of hydrazine groups is 1. The molecule has 6 nitrogen and oxygen atoms in total. The van der Waals surface area contributed by atoms with E-state index in [9.17, 15) is 20.0 Å². The number of aliphatic carboxylic acids is 1. The fourth-order valence-electron chi connectivity index (χ4n) is 0.129. The second-order valence-corrected chi connectivity index (χ2v) is 0.964. The van der Waals surface area contributed by atoms with Gasteiger partial charge in [0.2, 0.25) is 0 Å². The molecule has 0 saturated carbocycles. The van der Waals surface area contributed by atoms with Gasteiger partial charge in [-0.1, -0.05) is 0 Å². The first kappa shape index (κ1) is 6.67. The summed E-state index contributed by atoms with van der Waals surface area (Å²) in [5.74, 6) is -1.50. The predicted molar refractivity (Wildman–Crippen MR) is 20.0 cm³/mol. The molecular formula is C2H3N2O4-. The summed E-state index contributed by atoms with van der Waals surface area (Å²) < 4.78 is 0. The van der Waals surface area contributed by atoms with Crippen LogP contribution in [0.5, 0.6) is 0 Å². The van der Waals surface area contributed by atoms with E-state index in [-0.39, 0.29) is 0 Å². The van der Waals surface area contributed by atoms with Crippen molar-refractivity contribution in [3.63, 3.8) is 0 Å². The Kier molecular flexibility index (Phi) is 2.32. The lowest BCUT2D eigenvalue weighted by molar-refractivity contribution is -0.543. The number of rotatable bonds is 3. The second kappa shape index (κ2) is 2.78. The first-order valence-electron chi connectivity index (χ1n) is 1.70. The van der Waals surface area contributed by atoms with Crippen molar-refractivity contribution in [3.05, 3.63) is 10.1 Å². The Balaban J connectivity index is 3.18. The fourth-order valence-corrected chi connectivity index (χ4v) is 0.129. The minimum atomic E-state index is -1.50. The number of nitrogens with zero attached hydrogens (tertiary/aromatic N) is 1. The monoisotopic (exact) mass is 119 g/mol. The highest BCUT2D eigenvalue weighted by Crippen LogP contribution is 1.54. The molecule has 6 heteroatoms. The van der Waals surface area contributed by atoms with Crippen LogP contribution in [-0.4, -0.2) is 17.5 Å². The molecule has 0 amide bonds. The average Bonchev–Trinajstić information content (AvgIpc) is 1.61. The first-order valence-corrected chi connectivity index (χ1v) is 1.70. The summed E-state index contributed by atoms with van der Waals surface area (Å²) >= 11 is 0. The van der Waals surface area contributed by atoms with E-state index in [0.29, 0.717) is 0 Å². The van der Waals surface area contributed by atoms with Gasteiger partial charge >= 0.3 is 0 Å². The minimum Gasteiger partial charge on any atom is -0.548 e. The van der Waals surface area contributed by atoms with Gasteiger partial charge in [-0.15, -0.1) is 5.43 Å². The third-order valence-electron chi connectivity index (χ3n) is 0.352. The van der Waals surface area contributed by atoms with Gasteiger partial charge < -0.3 is 9.90 Å². The van der Waals surface area contributed by atoms with Gasteiger partial charge in [-0.3, -0.25) is 0 Å². The Morgan fingerprint density at radius 1 is 1.75 bits per heavy atom. The number of hydrogen-bond donors (Lipinski definition) is 1. The summed E-state index contributed by atoms with van der Waals surface area (Å²) in [6.07, 6.45) is 0. The first-order chi connectivity index (χ1) is 3.63. The molecule has 0 unspecified atom stereocenters. The van der Waals surface area contributed by atoms with Crippen LogP contribution in [0, 0.1) is 10.1 Å². The summed E-state index contributed by atoms with van der Waals surface area (Å²) in [4.78, 5) is 18.7. The molecule has 0 heterocycles. The maximum atomic E-state index is 9.43. The molecule has 0 spiro atoms. The van der Waals surface area contributed by atoms with Crippen molar-refractivity contribution in [1.29, 1.82) is 0 Å². The zero-order chi connectivity index (χ0) is 6.57. The van der Waals surface area contributed by atoms with E-state index in [4.69, 9.17) is 0 Å². The van der Waals surface area contributed by atoms with Crippen molar-refractivity contribution in [2.75, 3.05) is 6.54 Å². The second-order valence-electron chi connectivity index (χ2n) is 0.964. The number of carboxylic acid groups (broad SMARTS) is 1. The van der Waals surface area contributed by atoms with Gasteiger partial charge in [0.25, 0.3) is 0 Å².